The van der Waals surface area contributed by atoms with Crippen molar-refractivity contribution >= 4 is 0 Å². The number of aryl methyl sites for hydroxylation is 1. The molecule has 1 aliphatic heterocycles. The molecule has 2 heterocycles. The van der Waals surface area contributed by atoms with Crippen LogP contribution in [0.5, 0.6) is 0 Å². The Morgan fingerprint density at radius 1 is 1.50 bits per heavy atom. The van der Waals surface area contributed by atoms with E-state index < -0.39 is 0 Å². The molecule has 0 N–H and O–H groups in total. The molecule has 0 fully saturated rings. The van der Waals surface area contributed by atoms with E-state index >= 15 is 0 Å². The van der Waals surface area contributed by atoms with Gasteiger partial charge < -0.3 is 4.74 Å². The van der Waals surface area contributed by atoms with E-state index in [1.807, 2.05) is 6.92 Å². The first-order valence-corrected chi connectivity index (χ1v) is 3.85. The molecule has 0 spiro atoms. The average Bonchev–Trinajstić information content (AvgIpc) is 2.48. The molecule has 0 aromatic carbocycles. The molecule has 0 saturated heterocycles. The zero-order chi connectivity index (χ0) is 8.72. The fourth-order valence-corrected chi connectivity index (χ4v) is 1.28. The first kappa shape index (κ1) is 7.49. The molecule has 1 aromatic heterocycles. The maximum absolute atomic E-state index is 11.5. The number of aromatic nitrogens is 2. The predicted molar refractivity (Wildman–Crippen MR) is 42.8 cm³/mol. The summed E-state index contributed by atoms with van der Waals surface area (Å²) in [5.41, 5.74) is 1.54. The van der Waals surface area contributed by atoms with Gasteiger partial charge in [0.05, 0.1) is 0 Å². The first-order valence-electron chi connectivity index (χ1n) is 3.85. The third-order valence-corrected chi connectivity index (χ3v) is 2.17. The Kier molecular flexibility index (Phi) is 1.51. The molecule has 1 aliphatic rings. The van der Waals surface area contributed by atoms with Crippen LogP contribution in [0.1, 0.15) is 17.1 Å². The van der Waals surface area contributed by atoms with E-state index in [0.717, 1.165) is 11.5 Å². The van der Waals surface area contributed by atoms with Crippen LogP contribution in [0.3, 0.4) is 0 Å². The number of rotatable bonds is 0. The smallest absolute Gasteiger partial charge is 0.258 e. The summed E-state index contributed by atoms with van der Waals surface area (Å²) in [6.07, 6.45) is 0. The Labute approximate surface area is 69.8 Å². The summed E-state index contributed by atoms with van der Waals surface area (Å²) < 4.78 is 6.68. The van der Waals surface area contributed by atoms with Gasteiger partial charge in [-0.3, -0.25) is 9.36 Å². The van der Waals surface area contributed by atoms with Crippen molar-refractivity contribution in [3.63, 3.8) is 0 Å². The Hall–Kier alpha value is -1.16. The van der Waals surface area contributed by atoms with Crippen molar-refractivity contribution in [2.75, 3.05) is 0 Å². The van der Waals surface area contributed by atoms with Gasteiger partial charge in [0.15, 0.2) is 0 Å². The molecule has 0 unspecified atom stereocenters. The summed E-state index contributed by atoms with van der Waals surface area (Å²) in [5, 5.41) is 0. The van der Waals surface area contributed by atoms with Crippen molar-refractivity contribution in [3.8, 4) is 0 Å². The second-order valence-corrected chi connectivity index (χ2v) is 2.95. The SMILES string of the molecule is Cc1nc2n(c(=O)c1C)COC2. The topological polar surface area (TPSA) is 44.1 Å². The lowest BCUT2D eigenvalue weighted by molar-refractivity contribution is 0.107. The van der Waals surface area contributed by atoms with Gasteiger partial charge in [-0.2, -0.15) is 0 Å². The number of ether oxygens (including phenoxy) is 1. The molecule has 4 heteroatoms. The van der Waals surface area contributed by atoms with Crippen LogP contribution in [0, 0.1) is 13.8 Å². The molecule has 0 aliphatic carbocycles. The highest BCUT2D eigenvalue weighted by Gasteiger charge is 2.15. The van der Waals surface area contributed by atoms with Gasteiger partial charge in [0.1, 0.15) is 19.2 Å². The number of hydrogen-bond donors (Lipinski definition) is 0. The average molecular weight is 166 g/mol. The van der Waals surface area contributed by atoms with E-state index in [-0.39, 0.29) is 5.56 Å². The highest BCUT2D eigenvalue weighted by Crippen LogP contribution is 2.08. The van der Waals surface area contributed by atoms with Crippen LogP contribution < -0.4 is 5.56 Å². The lowest BCUT2D eigenvalue weighted by Gasteiger charge is -2.03. The van der Waals surface area contributed by atoms with E-state index in [1.165, 1.54) is 0 Å². The lowest BCUT2D eigenvalue weighted by Crippen LogP contribution is -2.24. The van der Waals surface area contributed by atoms with E-state index in [1.54, 1.807) is 11.5 Å². The standard InChI is InChI=1S/C8H10N2O2/c1-5-6(2)9-7-3-12-4-10(7)8(5)11/h3-4H2,1-2H3. The van der Waals surface area contributed by atoms with Crippen molar-refractivity contribution in [2.24, 2.45) is 0 Å². The summed E-state index contributed by atoms with van der Waals surface area (Å²) >= 11 is 0. The highest BCUT2D eigenvalue weighted by molar-refractivity contribution is 5.15. The largest absolute Gasteiger partial charge is 0.353 e. The van der Waals surface area contributed by atoms with Crippen LogP contribution in [0.15, 0.2) is 4.79 Å². The molecule has 64 valence electrons. The van der Waals surface area contributed by atoms with Gasteiger partial charge in [-0.1, -0.05) is 0 Å². The van der Waals surface area contributed by atoms with Crippen molar-refractivity contribution < 1.29 is 4.74 Å². The van der Waals surface area contributed by atoms with Crippen LogP contribution >= 0.6 is 0 Å². The molecular formula is C8H10N2O2. The molecule has 0 bridgehead atoms. The van der Waals surface area contributed by atoms with Gasteiger partial charge in [-0.25, -0.2) is 4.98 Å². The first-order chi connectivity index (χ1) is 5.70. The zero-order valence-electron chi connectivity index (χ0n) is 7.13. The van der Waals surface area contributed by atoms with E-state index in [0.29, 0.717) is 18.9 Å². The maximum atomic E-state index is 11.5. The van der Waals surface area contributed by atoms with Crippen LogP contribution in [-0.2, 0) is 18.1 Å². The fraction of sp³-hybridized carbons (Fsp3) is 0.500. The molecule has 0 radical (unpaired) electrons. The molecule has 2 rings (SSSR count). The second kappa shape index (κ2) is 2.42. The van der Waals surface area contributed by atoms with Crippen LogP contribution in [0.25, 0.3) is 0 Å². The quantitative estimate of drug-likeness (QED) is 0.558. The molecule has 1 aromatic rings. The van der Waals surface area contributed by atoms with Crippen molar-refractivity contribution in [1.82, 2.24) is 9.55 Å². The van der Waals surface area contributed by atoms with Crippen molar-refractivity contribution in [3.05, 3.63) is 27.4 Å². The highest BCUT2D eigenvalue weighted by atomic mass is 16.5. The zero-order valence-corrected chi connectivity index (χ0v) is 7.13. The molecule has 0 saturated carbocycles. The van der Waals surface area contributed by atoms with Crippen LogP contribution in [-0.4, -0.2) is 9.55 Å². The summed E-state index contributed by atoms with van der Waals surface area (Å²) in [4.78, 5) is 15.8. The molecular weight excluding hydrogens is 156 g/mol. The monoisotopic (exact) mass is 166 g/mol. The van der Waals surface area contributed by atoms with Crippen LogP contribution in [0.4, 0.5) is 0 Å². The van der Waals surface area contributed by atoms with Crippen molar-refractivity contribution in [1.29, 1.82) is 0 Å². The Morgan fingerprint density at radius 3 is 3.00 bits per heavy atom. The lowest BCUT2D eigenvalue weighted by atomic mass is 10.2. The summed E-state index contributed by atoms with van der Waals surface area (Å²) in [6, 6.07) is 0. The van der Waals surface area contributed by atoms with E-state index in [2.05, 4.69) is 4.98 Å². The van der Waals surface area contributed by atoms with Crippen molar-refractivity contribution in [2.45, 2.75) is 27.2 Å². The van der Waals surface area contributed by atoms with Gasteiger partial charge in [0, 0.05) is 11.3 Å². The summed E-state index contributed by atoms with van der Waals surface area (Å²) in [7, 11) is 0. The van der Waals surface area contributed by atoms with Gasteiger partial charge in [0.2, 0.25) is 0 Å². The minimum atomic E-state index is 0.0231. The Bertz CT molecular complexity index is 381. The van der Waals surface area contributed by atoms with Crippen LogP contribution in [0.2, 0.25) is 0 Å². The number of hydrogen-bond acceptors (Lipinski definition) is 3. The molecule has 12 heavy (non-hydrogen) atoms. The Morgan fingerprint density at radius 2 is 2.25 bits per heavy atom. The normalized spacial score (nSPS) is 14.8. The Balaban J connectivity index is 2.76. The second-order valence-electron chi connectivity index (χ2n) is 2.95. The molecule has 0 amide bonds. The maximum Gasteiger partial charge on any atom is 0.258 e. The minimum absolute atomic E-state index is 0.0231. The number of nitrogens with zero attached hydrogens (tertiary/aromatic N) is 2. The van der Waals surface area contributed by atoms with Gasteiger partial charge in [-0.15, -0.1) is 0 Å². The third-order valence-electron chi connectivity index (χ3n) is 2.17. The van der Waals surface area contributed by atoms with E-state index in [9.17, 15) is 4.79 Å². The molecule has 4 nitrogen and oxygen atoms in total. The van der Waals surface area contributed by atoms with Gasteiger partial charge >= 0.3 is 0 Å². The predicted octanol–water partition coefficient (Wildman–Crippen LogP) is 0.348. The van der Waals surface area contributed by atoms with Gasteiger partial charge in [-0.05, 0) is 13.8 Å². The summed E-state index contributed by atoms with van der Waals surface area (Å²) in [5.74, 6) is 0.739. The van der Waals surface area contributed by atoms with E-state index in [4.69, 9.17) is 4.74 Å². The van der Waals surface area contributed by atoms with Gasteiger partial charge in [0.25, 0.3) is 5.56 Å². The fourth-order valence-electron chi connectivity index (χ4n) is 1.28. The summed E-state index contributed by atoms with van der Waals surface area (Å²) in [6.45, 7) is 4.44. The minimum Gasteiger partial charge on any atom is -0.353 e. The molecule has 0 atom stereocenters. The third kappa shape index (κ3) is 0.881. The number of fused-ring (bicyclic) bond motifs is 1.